The number of piperazine rings is 1. The highest BCUT2D eigenvalue weighted by Crippen LogP contribution is 2.33. The maximum Gasteiger partial charge on any atom is 0.191 e. The van der Waals surface area contributed by atoms with Crippen molar-refractivity contribution < 1.29 is 9.47 Å². The molecular formula is C18H24IN5O2S. The molecule has 27 heavy (non-hydrogen) atoms. The van der Waals surface area contributed by atoms with Gasteiger partial charge >= 0.3 is 0 Å². The summed E-state index contributed by atoms with van der Waals surface area (Å²) in [7, 11) is 0. The second kappa shape index (κ2) is 9.45. The average molecular weight is 501 g/mol. The van der Waals surface area contributed by atoms with E-state index in [2.05, 4.69) is 19.8 Å². The summed E-state index contributed by atoms with van der Waals surface area (Å²) in [6.07, 6.45) is 2.74. The fourth-order valence-corrected chi connectivity index (χ4v) is 3.84. The van der Waals surface area contributed by atoms with Crippen molar-refractivity contribution in [3.63, 3.8) is 0 Å². The summed E-state index contributed by atoms with van der Waals surface area (Å²) in [5.41, 5.74) is 7.25. The maximum atomic E-state index is 6.24. The first kappa shape index (κ1) is 20.0. The minimum Gasteiger partial charge on any atom is -0.490 e. The molecule has 0 unspecified atom stereocenters. The van der Waals surface area contributed by atoms with Crippen molar-refractivity contribution in [3.05, 3.63) is 35.3 Å². The number of benzene rings is 1. The zero-order chi connectivity index (χ0) is 17.8. The molecule has 0 aliphatic carbocycles. The fraction of sp³-hybridized carbons (Fsp3) is 0.444. The van der Waals surface area contributed by atoms with Crippen LogP contribution in [-0.4, -0.2) is 55.2 Å². The van der Waals surface area contributed by atoms with Gasteiger partial charge in [-0.2, -0.15) is 0 Å². The molecule has 9 heteroatoms. The Labute approximate surface area is 180 Å². The molecule has 0 bridgehead atoms. The lowest BCUT2D eigenvalue weighted by Crippen LogP contribution is -2.51. The lowest BCUT2D eigenvalue weighted by atomic mass is 10.2. The third-order valence-corrected chi connectivity index (χ3v) is 5.39. The Balaban J connectivity index is 0.00000210. The number of aromatic nitrogens is 1. The molecule has 7 nitrogen and oxygen atoms in total. The van der Waals surface area contributed by atoms with Gasteiger partial charge in [-0.05, 0) is 6.07 Å². The summed E-state index contributed by atoms with van der Waals surface area (Å²) in [6, 6.07) is 5.93. The first-order chi connectivity index (χ1) is 12.8. The van der Waals surface area contributed by atoms with Gasteiger partial charge in [0, 0.05) is 49.7 Å². The number of thiazole rings is 1. The van der Waals surface area contributed by atoms with Gasteiger partial charge < -0.3 is 25.0 Å². The van der Waals surface area contributed by atoms with Crippen molar-refractivity contribution in [2.75, 3.05) is 44.3 Å². The molecule has 1 aromatic heterocycles. The van der Waals surface area contributed by atoms with Gasteiger partial charge in [0.1, 0.15) is 0 Å². The Bertz CT molecular complexity index is 763. The van der Waals surface area contributed by atoms with Crippen LogP contribution in [-0.2, 0) is 6.54 Å². The molecule has 3 heterocycles. The second-order valence-corrected chi connectivity index (χ2v) is 7.13. The molecule has 2 aliphatic rings. The van der Waals surface area contributed by atoms with Gasteiger partial charge in [0.05, 0.1) is 19.8 Å². The maximum absolute atomic E-state index is 6.24. The number of para-hydroxylation sites is 1. The van der Waals surface area contributed by atoms with Crippen LogP contribution in [0.15, 0.2) is 34.8 Å². The number of ether oxygens (including phenoxy) is 2. The number of aliphatic imine (C=N–C) groups is 1. The minimum absolute atomic E-state index is 0. The number of nitrogens with two attached hydrogens (primary N) is 1. The van der Waals surface area contributed by atoms with Crippen LogP contribution in [0, 0.1) is 0 Å². The van der Waals surface area contributed by atoms with Gasteiger partial charge in [0.2, 0.25) is 0 Å². The Morgan fingerprint density at radius 2 is 2.00 bits per heavy atom. The summed E-state index contributed by atoms with van der Waals surface area (Å²) >= 11 is 1.67. The third-order valence-electron chi connectivity index (χ3n) is 4.56. The zero-order valence-corrected chi connectivity index (χ0v) is 18.2. The van der Waals surface area contributed by atoms with E-state index in [1.165, 1.54) is 0 Å². The number of nitrogens with zero attached hydrogens (tertiary/aromatic N) is 4. The van der Waals surface area contributed by atoms with Gasteiger partial charge in [-0.3, -0.25) is 0 Å². The summed E-state index contributed by atoms with van der Waals surface area (Å²) in [5, 5.41) is 3.08. The first-order valence-corrected chi connectivity index (χ1v) is 9.76. The van der Waals surface area contributed by atoms with Crippen LogP contribution in [0.2, 0.25) is 0 Å². The van der Waals surface area contributed by atoms with E-state index < -0.39 is 0 Å². The van der Waals surface area contributed by atoms with Gasteiger partial charge in [-0.1, -0.05) is 12.1 Å². The molecule has 1 aromatic carbocycles. The van der Waals surface area contributed by atoms with E-state index in [4.69, 9.17) is 15.2 Å². The molecule has 1 saturated heterocycles. The van der Waals surface area contributed by atoms with Gasteiger partial charge in [-0.25, -0.2) is 9.98 Å². The first-order valence-electron chi connectivity index (χ1n) is 8.88. The van der Waals surface area contributed by atoms with E-state index in [1.54, 1.807) is 11.3 Å². The van der Waals surface area contributed by atoms with E-state index in [9.17, 15) is 0 Å². The summed E-state index contributed by atoms with van der Waals surface area (Å²) in [5.74, 6) is 2.18. The number of guanidine groups is 1. The molecule has 2 N–H and O–H groups in total. The third kappa shape index (κ3) is 4.75. The van der Waals surface area contributed by atoms with Crippen molar-refractivity contribution >= 4 is 46.4 Å². The van der Waals surface area contributed by atoms with Crippen LogP contribution in [0.5, 0.6) is 11.5 Å². The van der Waals surface area contributed by atoms with Crippen LogP contribution >= 0.6 is 35.3 Å². The quantitative estimate of drug-likeness (QED) is 0.396. The zero-order valence-electron chi connectivity index (χ0n) is 15.0. The Morgan fingerprint density at radius 1 is 1.19 bits per heavy atom. The smallest absolute Gasteiger partial charge is 0.191 e. The predicted octanol–water partition coefficient (Wildman–Crippen LogP) is 2.56. The Kier molecular flexibility index (Phi) is 7.00. The normalized spacial score (nSPS) is 17.3. The van der Waals surface area contributed by atoms with Crippen LogP contribution < -0.4 is 20.1 Å². The molecular weight excluding hydrogens is 477 g/mol. The number of hydrogen-bond donors (Lipinski definition) is 1. The van der Waals surface area contributed by atoms with Crippen LogP contribution in [0.1, 0.15) is 12.0 Å². The van der Waals surface area contributed by atoms with Gasteiger partial charge in [0.25, 0.3) is 0 Å². The number of fused-ring (bicyclic) bond motifs is 1. The highest BCUT2D eigenvalue weighted by molar-refractivity contribution is 14.0. The number of halogens is 1. The van der Waals surface area contributed by atoms with Gasteiger partial charge in [0.15, 0.2) is 22.6 Å². The molecule has 0 radical (unpaired) electrons. The molecule has 2 aromatic rings. The van der Waals surface area contributed by atoms with Crippen molar-refractivity contribution in [2.24, 2.45) is 10.7 Å². The lowest BCUT2D eigenvalue weighted by molar-refractivity contribution is 0.296. The average Bonchev–Trinajstić information content (AvgIpc) is 3.11. The number of rotatable bonds is 3. The van der Waals surface area contributed by atoms with E-state index in [0.29, 0.717) is 25.7 Å². The lowest BCUT2D eigenvalue weighted by Gasteiger charge is -2.35. The van der Waals surface area contributed by atoms with Crippen molar-refractivity contribution in [3.8, 4) is 11.5 Å². The SMILES string of the molecule is I.NC(=NCc1cccc2c1OCCCO2)N1CCN(c2nccs2)CC1. The molecule has 1 fully saturated rings. The van der Waals surface area contributed by atoms with Crippen LogP contribution in [0.4, 0.5) is 5.13 Å². The summed E-state index contributed by atoms with van der Waals surface area (Å²) < 4.78 is 11.6. The number of anilines is 1. The highest BCUT2D eigenvalue weighted by Gasteiger charge is 2.20. The van der Waals surface area contributed by atoms with Crippen molar-refractivity contribution in [1.29, 1.82) is 0 Å². The van der Waals surface area contributed by atoms with E-state index >= 15 is 0 Å². The van der Waals surface area contributed by atoms with Crippen molar-refractivity contribution in [2.45, 2.75) is 13.0 Å². The number of hydrogen-bond acceptors (Lipinski definition) is 6. The second-order valence-electron chi connectivity index (χ2n) is 6.26. The molecule has 0 saturated carbocycles. The topological polar surface area (TPSA) is 76.2 Å². The molecule has 146 valence electrons. The largest absolute Gasteiger partial charge is 0.490 e. The monoisotopic (exact) mass is 501 g/mol. The minimum atomic E-state index is 0. The molecule has 0 spiro atoms. The molecule has 2 aliphatic heterocycles. The Hall–Kier alpha value is -1.75. The van der Waals surface area contributed by atoms with E-state index in [1.807, 2.05) is 29.8 Å². The van der Waals surface area contributed by atoms with E-state index in [-0.39, 0.29) is 24.0 Å². The predicted molar refractivity (Wildman–Crippen MR) is 119 cm³/mol. The molecule has 0 atom stereocenters. The van der Waals surface area contributed by atoms with Crippen molar-refractivity contribution in [1.82, 2.24) is 9.88 Å². The van der Waals surface area contributed by atoms with Crippen LogP contribution in [0.25, 0.3) is 0 Å². The van der Waals surface area contributed by atoms with Gasteiger partial charge in [-0.15, -0.1) is 35.3 Å². The fourth-order valence-electron chi connectivity index (χ4n) is 3.14. The van der Waals surface area contributed by atoms with Crippen LogP contribution in [0.3, 0.4) is 0 Å². The highest BCUT2D eigenvalue weighted by atomic mass is 127. The van der Waals surface area contributed by atoms with E-state index in [0.717, 1.165) is 54.8 Å². The standard InChI is InChI=1S/C18H23N5O2S.HI/c19-17(22-6-8-23(9-7-22)18-20-5-12-26-18)21-13-14-3-1-4-15-16(14)25-11-2-10-24-15;/h1,3-5,12H,2,6-11,13H2,(H2,19,21);1H. The Morgan fingerprint density at radius 3 is 2.78 bits per heavy atom. The summed E-state index contributed by atoms with van der Waals surface area (Å²) in [4.78, 5) is 13.4. The molecule has 4 rings (SSSR count). The summed E-state index contributed by atoms with van der Waals surface area (Å²) in [6.45, 7) is 5.35. The molecule has 0 amide bonds.